The lowest BCUT2D eigenvalue weighted by atomic mass is 10.1. The van der Waals surface area contributed by atoms with Crippen molar-refractivity contribution in [2.75, 3.05) is 0 Å². The molecule has 0 heterocycles. The maximum atomic E-state index is 3.20. The Bertz CT molecular complexity index is 151. The zero-order valence-electron chi connectivity index (χ0n) is 7.40. The van der Waals surface area contributed by atoms with E-state index >= 15 is 0 Å². The second kappa shape index (κ2) is 5.17. The van der Waals surface area contributed by atoms with Gasteiger partial charge in [0, 0.05) is 0 Å². The van der Waals surface area contributed by atoms with Crippen molar-refractivity contribution in [3.05, 3.63) is 23.8 Å². The molecule has 0 aliphatic heterocycles. The topological polar surface area (TPSA) is 0 Å². The lowest BCUT2D eigenvalue weighted by Crippen LogP contribution is -1.78. The zero-order valence-corrected chi connectivity index (χ0v) is 7.40. The Hall–Kier alpha value is -0.520. The first-order valence-corrected chi connectivity index (χ1v) is 4.69. The van der Waals surface area contributed by atoms with Gasteiger partial charge in [-0.3, -0.25) is 0 Å². The van der Waals surface area contributed by atoms with Crippen LogP contribution < -0.4 is 0 Å². The van der Waals surface area contributed by atoms with E-state index in [2.05, 4.69) is 25.2 Å². The number of unbranched alkanes of at least 4 members (excludes halogenated alkanes) is 3. The van der Waals surface area contributed by atoms with Crippen molar-refractivity contribution in [2.24, 2.45) is 0 Å². The first-order valence-electron chi connectivity index (χ1n) is 4.69. The van der Waals surface area contributed by atoms with Crippen LogP contribution in [0.2, 0.25) is 0 Å². The van der Waals surface area contributed by atoms with Crippen molar-refractivity contribution in [1.82, 2.24) is 0 Å². The van der Waals surface area contributed by atoms with Gasteiger partial charge >= 0.3 is 0 Å². The van der Waals surface area contributed by atoms with Crippen LogP contribution in [0.5, 0.6) is 0 Å². The van der Waals surface area contributed by atoms with Crippen LogP contribution in [-0.4, -0.2) is 0 Å². The molecule has 0 saturated heterocycles. The van der Waals surface area contributed by atoms with Crippen molar-refractivity contribution < 1.29 is 0 Å². The third-order valence-electron chi connectivity index (χ3n) is 2.09. The molecule has 0 nitrogen and oxygen atoms in total. The molecule has 1 aliphatic rings. The molecule has 0 bridgehead atoms. The Balaban J connectivity index is 1.99. The summed E-state index contributed by atoms with van der Waals surface area (Å²) in [5.41, 5.74) is 1.50. The minimum absolute atomic E-state index is 1.04. The maximum absolute atomic E-state index is 3.20. The Morgan fingerprint density at radius 2 is 2.27 bits per heavy atom. The molecule has 0 fully saturated rings. The highest BCUT2D eigenvalue weighted by atomic mass is 14.0. The van der Waals surface area contributed by atoms with Gasteiger partial charge in [-0.1, -0.05) is 43.9 Å². The van der Waals surface area contributed by atoms with Crippen LogP contribution in [0.1, 0.15) is 45.4 Å². The van der Waals surface area contributed by atoms with Crippen LogP contribution in [0.4, 0.5) is 0 Å². The van der Waals surface area contributed by atoms with Crippen LogP contribution in [0, 0.1) is 6.08 Å². The minimum atomic E-state index is 1.04. The van der Waals surface area contributed by atoms with E-state index in [9.17, 15) is 0 Å². The molecule has 1 radical (unpaired) electrons. The summed E-state index contributed by atoms with van der Waals surface area (Å²) in [6.45, 7) is 2.25. The van der Waals surface area contributed by atoms with E-state index in [0.717, 1.165) is 6.42 Å². The third kappa shape index (κ3) is 3.41. The molecule has 1 rings (SSSR count). The Morgan fingerprint density at radius 3 is 2.91 bits per heavy atom. The average molecular weight is 149 g/mol. The fourth-order valence-electron chi connectivity index (χ4n) is 1.37. The number of hydrogen-bond acceptors (Lipinski definition) is 0. The number of allylic oxidation sites excluding steroid dienone is 4. The molecule has 0 unspecified atom stereocenters. The van der Waals surface area contributed by atoms with Gasteiger partial charge in [-0.2, -0.15) is 0 Å². The van der Waals surface area contributed by atoms with Crippen LogP contribution in [-0.2, 0) is 0 Å². The Labute approximate surface area is 70.0 Å². The van der Waals surface area contributed by atoms with E-state index in [4.69, 9.17) is 0 Å². The van der Waals surface area contributed by atoms with Gasteiger partial charge in [-0.05, 0) is 25.3 Å². The lowest BCUT2D eigenvalue weighted by Gasteiger charge is -1.98. The summed E-state index contributed by atoms with van der Waals surface area (Å²) >= 11 is 0. The van der Waals surface area contributed by atoms with Crippen molar-refractivity contribution >= 4 is 0 Å². The van der Waals surface area contributed by atoms with Gasteiger partial charge < -0.3 is 0 Å². The van der Waals surface area contributed by atoms with E-state index in [1.165, 1.54) is 37.7 Å². The standard InChI is InChI=1S/C11H17/c1-2-3-4-5-8-11-9-6-7-10-11/h9-10H,2-6,8H2,1H3. The summed E-state index contributed by atoms with van der Waals surface area (Å²) < 4.78 is 0. The fourth-order valence-corrected chi connectivity index (χ4v) is 1.37. The second-order valence-corrected chi connectivity index (χ2v) is 3.14. The predicted molar refractivity (Wildman–Crippen MR) is 49.3 cm³/mol. The Morgan fingerprint density at radius 1 is 1.36 bits per heavy atom. The summed E-state index contributed by atoms with van der Waals surface area (Å²) in [6, 6.07) is 0. The number of hydrogen-bond donors (Lipinski definition) is 0. The highest BCUT2D eigenvalue weighted by molar-refractivity contribution is 5.22. The molecule has 0 spiro atoms. The molecule has 11 heavy (non-hydrogen) atoms. The minimum Gasteiger partial charge on any atom is -0.0769 e. The van der Waals surface area contributed by atoms with Crippen molar-refractivity contribution in [3.63, 3.8) is 0 Å². The van der Waals surface area contributed by atoms with Gasteiger partial charge in [0.05, 0.1) is 0 Å². The molecular formula is C11H17. The van der Waals surface area contributed by atoms with E-state index in [1.54, 1.807) is 0 Å². The van der Waals surface area contributed by atoms with Crippen LogP contribution in [0.3, 0.4) is 0 Å². The van der Waals surface area contributed by atoms with Crippen LogP contribution >= 0.6 is 0 Å². The van der Waals surface area contributed by atoms with E-state index < -0.39 is 0 Å². The second-order valence-electron chi connectivity index (χ2n) is 3.14. The van der Waals surface area contributed by atoms with Crippen molar-refractivity contribution in [2.45, 2.75) is 45.4 Å². The quantitative estimate of drug-likeness (QED) is 0.523. The molecule has 0 atom stereocenters. The summed E-state index contributed by atoms with van der Waals surface area (Å²) in [6.07, 6.45) is 15.4. The maximum Gasteiger partial charge on any atom is -0.00887 e. The molecule has 0 aromatic heterocycles. The van der Waals surface area contributed by atoms with Gasteiger partial charge in [-0.15, -0.1) is 0 Å². The first kappa shape index (κ1) is 8.58. The van der Waals surface area contributed by atoms with E-state index in [0.29, 0.717) is 0 Å². The molecule has 0 aromatic rings. The van der Waals surface area contributed by atoms with Gasteiger partial charge in [0.1, 0.15) is 0 Å². The molecule has 0 saturated carbocycles. The van der Waals surface area contributed by atoms with Gasteiger partial charge in [0.2, 0.25) is 0 Å². The van der Waals surface area contributed by atoms with Crippen LogP contribution in [0.15, 0.2) is 17.7 Å². The van der Waals surface area contributed by atoms with Gasteiger partial charge in [0.25, 0.3) is 0 Å². The van der Waals surface area contributed by atoms with E-state index in [1.807, 2.05) is 0 Å². The first-order chi connectivity index (χ1) is 5.43. The average Bonchev–Trinajstić information content (AvgIpc) is 2.50. The third-order valence-corrected chi connectivity index (χ3v) is 2.09. The molecule has 1 aliphatic carbocycles. The summed E-state index contributed by atoms with van der Waals surface area (Å²) in [7, 11) is 0. The molecular weight excluding hydrogens is 132 g/mol. The van der Waals surface area contributed by atoms with E-state index in [-0.39, 0.29) is 0 Å². The highest BCUT2D eigenvalue weighted by Gasteiger charge is 1.96. The van der Waals surface area contributed by atoms with Crippen molar-refractivity contribution in [3.8, 4) is 0 Å². The lowest BCUT2D eigenvalue weighted by molar-refractivity contribution is 0.668. The highest BCUT2D eigenvalue weighted by Crippen LogP contribution is 2.15. The summed E-state index contributed by atoms with van der Waals surface area (Å²) in [5, 5.41) is 0. The van der Waals surface area contributed by atoms with Gasteiger partial charge in [0.15, 0.2) is 0 Å². The zero-order chi connectivity index (χ0) is 7.94. The van der Waals surface area contributed by atoms with Crippen LogP contribution in [0.25, 0.3) is 0 Å². The van der Waals surface area contributed by atoms with Crippen molar-refractivity contribution in [1.29, 1.82) is 0 Å². The molecule has 0 amide bonds. The predicted octanol–water partition coefficient (Wildman–Crippen LogP) is 3.65. The molecule has 0 N–H and O–H groups in total. The monoisotopic (exact) mass is 149 g/mol. The molecule has 0 heteroatoms. The normalized spacial score (nSPS) is 15.5. The Kier molecular flexibility index (Phi) is 4.03. The SMILES string of the molecule is CCCCCCC1=CC[C]=C1. The summed E-state index contributed by atoms with van der Waals surface area (Å²) in [5.74, 6) is 0. The van der Waals surface area contributed by atoms with Gasteiger partial charge in [-0.25, -0.2) is 0 Å². The molecule has 0 aromatic carbocycles. The smallest absolute Gasteiger partial charge is 0.00887 e. The fraction of sp³-hybridized carbons (Fsp3) is 0.636. The molecule has 61 valence electrons. The largest absolute Gasteiger partial charge is 0.0769 e. The number of rotatable bonds is 5. The summed E-state index contributed by atoms with van der Waals surface area (Å²) in [4.78, 5) is 0.